The number of amides is 2. The smallest absolute Gasteiger partial charge is 0.328 e. The van der Waals surface area contributed by atoms with Crippen LogP contribution in [-0.4, -0.2) is 54.9 Å². The molecule has 0 saturated carbocycles. The van der Waals surface area contributed by atoms with Gasteiger partial charge in [0.15, 0.2) is 6.29 Å². The number of aliphatic hydroxyl groups is 1. The maximum atomic E-state index is 13.0. The lowest BCUT2D eigenvalue weighted by molar-refractivity contribution is -0.252. The highest BCUT2D eigenvalue weighted by Crippen LogP contribution is 2.39. The van der Waals surface area contributed by atoms with E-state index in [4.69, 9.17) is 14.2 Å². The van der Waals surface area contributed by atoms with Gasteiger partial charge < -0.3 is 30.0 Å². The van der Waals surface area contributed by atoms with E-state index in [9.17, 15) is 14.7 Å². The minimum Gasteiger partial charge on any atom is -0.467 e. The molecule has 1 saturated heterocycles. The zero-order chi connectivity index (χ0) is 37.0. The van der Waals surface area contributed by atoms with Gasteiger partial charge in [0.25, 0.3) is 0 Å². The maximum absolute atomic E-state index is 13.0. The molecule has 1 aliphatic rings. The van der Waals surface area contributed by atoms with E-state index in [0.717, 1.165) is 52.0 Å². The van der Waals surface area contributed by atoms with Gasteiger partial charge in [0.05, 0.1) is 25.9 Å². The van der Waals surface area contributed by atoms with Crippen LogP contribution in [0.3, 0.4) is 0 Å². The number of carbonyl (C=O) groups is 2. The molecule has 9 heteroatoms. The van der Waals surface area contributed by atoms with Crippen LogP contribution in [0.15, 0.2) is 133 Å². The Morgan fingerprint density at radius 2 is 1.43 bits per heavy atom. The van der Waals surface area contributed by atoms with Crippen LogP contribution in [0.25, 0.3) is 11.1 Å². The highest BCUT2D eigenvalue weighted by molar-refractivity contribution is 5.84. The average molecular weight is 714 g/mol. The number of hydrogen-bond acceptors (Lipinski definition) is 7. The van der Waals surface area contributed by atoms with Crippen molar-refractivity contribution >= 4 is 12.0 Å². The lowest BCUT2D eigenvalue weighted by atomic mass is 9.97. The highest BCUT2D eigenvalue weighted by atomic mass is 16.7. The van der Waals surface area contributed by atoms with Crippen molar-refractivity contribution in [1.82, 2.24) is 15.5 Å². The third kappa shape index (κ3) is 10.4. The minimum absolute atomic E-state index is 0.00615. The first-order valence-corrected chi connectivity index (χ1v) is 18.0. The van der Waals surface area contributed by atoms with Crippen molar-refractivity contribution in [3.8, 4) is 11.1 Å². The van der Waals surface area contributed by atoms with Crippen LogP contribution in [0.2, 0.25) is 0 Å². The predicted molar refractivity (Wildman–Crippen MR) is 204 cm³/mol. The number of methoxy groups -OCH3 is 1. The molecule has 1 fully saturated rings. The summed E-state index contributed by atoms with van der Waals surface area (Å²) in [5.41, 5.74) is 7.85. The molecule has 4 atom stereocenters. The SMILES string of the molecule is COC(=O)[C@H](Cc1ccccc1)NC(=O)NCc1ccccc1-c1ccc([C@@H]2O[C@H](CN(C)Cc3ccccc3)C[C@H](c3ccc(CO)cc3)O2)cc1. The summed E-state index contributed by atoms with van der Waals surface area (Å²) in [6.07, 6.45) is 0.192. The summed E-state index contributed by atoms with van der Waals surface area (Å²) in [6, 6.07) is 42.6. The highest BCUT2D eigenvalue weighted by Gasteiger charge is 2.33. The number of esters is 1. The van der Waals surface area contributed by atoms with Crippen LogP contribution >= 0.6 is 0 Å². The Balaban J connectivity index is 1.14. The summed E-state index contributed by atoms with van der Waals surface area (Å²) in [5, 5.41) is 15.3. The second-order valence-corrected chi connectivity index (χ2v) is 13.4. The van der Waals surface area contributed by atoms with Gasteiger partial charge in [-0.1, -0.05) is 133 Å². The lowest BCUT2D eigenvalue weighted by Crippen LogP contribution is -2.47. The van der Waals surface area contributed by atoms with Crippen LogP contribution in [0.4, 0.5) is 4.79 Å². The molecular formula is C44H47N3O6. The number of nitrogens with zero attached hydrogens (tertiary/aromatic N) is 1. The Hall–Kier alpha value is -5.32. The quantitative estimate of drug-likeness (QED) is 0.105. The number of urea groups is 1. The van der Waals surface area contributed by atoms with Crippen molar-refractivity contribution in [3.05, 3.63) is 167 Å². The van der Waals surface area contributed by atoms with Crippen LogP contribution in [0.5, 0.6) is 0 Å². The van der Waals surface area contributed by atoms with Crippen LogP contribution < -0.4 is 10.6 Å². The second-order valence-electron chi connectivity index (χ2n) is 13.4. The summed E-state index contributed by atoms with van der Waals surface area (Å²) in [6.45, 7) is 1.80. The lowest BCUT2D eigenvalue weighted by Gasteiger charge is -2.38. The third-order valence-electron chi connectivity index (χ3n) is 9.45. The van der Waals surface area contributed by atoms with E-state index >= 15 is 0 Å². The molecule has 0 aliphatic carbocycles. The van der Waals surface area contributed by atoms with Crippen LogP contribution in [0, 0.1) is 0 Å². The van der Waals surface area contributed by atoms with Gasteiger partial charge in [-0.3, -0.25) is 4.90 Å². The Morgan fingerprint density at radius 1 is 0.792 bits per heavy atom. The van der Waals surface area contributed by atoms with Gasteiger partial charge in [0, 0.05) is 38.0 Å². The molecule has 2 amide bonds. The van der Waals surface area contributed by atoms with Crippen molar-refractivity contribution in [1.29, 1.82) is 0 Å². The third-order valence-corrected chi connectivity index (χ3v) is 9.45. The molecule has 0 aromatic heterocycles. The van der Waals surface area contributed by atoms with E-state index in [1.165, 1.54) is 12.7 Å². The van der Waals surface area contributed by atoms with Gasteiger partial charge in [-0.2, -0.15) is 0 Å². The molecule has 0 spiro atoms. The minimum atomic E-state index is -0.822. The van der Waals surface area contributed by atoms with Gasteiger partial charge in [0.1, 0.15) is 6.04 Å². The van der Waals surface area contributed by atoms with Gasteiger partial charge >= 0.3 is 12.0 Å². The van der Waals surface area contributed by atoms with E-state index in [0.29, 0.717) is 12.8 Å². The first kappa shape index (κ1) is 37.4. The molecule has 3 N–H and O–H groups in total. The van der Waals surface area contributed by atoms with E-state index in [1.807, 2.05) is 109 Å². The standard InChI is InChI=1S/C44H47N3O6/c1-47(28-32-13-7-4-8-14-32)29-38-26-41(35-19-17-33(30-48)18-20-35)53-43(52-38)36-23-21-34(22-24-36)39-16-10-9-15-37(39)27-45-44(50)46-40(42(49)51-2)25-31-11-5-3-6-12-31/h3-24,38,40-41,43,48H,25-30H2,1-2H3,(H2,45,46,50)/t38-,40-,41+,43+/m0/s1. The van der Waals surface area contributed by atoms with Crippen molar-refractivity contribution in [2.75, 3.05) is 20.7 Å². The van der Waals surface area contributed by atoms with Crippen molar-refractivity contribution in [3.63, 3.8) is 0 Å². The molecule has 1 heterocycles. The molecule has 0 unspecified atom stereocenters. The Kier molecular flexibility index (Phi) is 13.0. The fourth-order valence-corrected chi connectivity index (χ4v) is 6.69. The van der Waals surface area contributed by atoms with E-state index in [2.05, 4.69) is 46.8 Å². The summed E-state index contributed by atoms with van der Waals surface area (Å²) < 4.78 is 18.2. The first-order valence-electron chi connectivity index (χ1n) is 18.0. The fraction of sp³-hybridized carbons (Fsp3) is 0.273. The molecule has 0 radical (unpaired) electrons. The number of likely N-dealkylation sites (N-methyl/N-ethyl adjacent to an activating group) is 1. The van der Waals surface area contributed by atoms with Crippen LogP contribution in [-0.2, 0) is 45.1 Å². The zero-order valence-electron chi connectivity index (χ0n) is 30.2. The molecule has 9 nitrogen and oxygen atoms in total. The topological polar surface area (TPSA) is 109 Å². The van der Waals surface area contributed by atoms with Crippen LogP contribution in [0.1, 0.15) is 52.2 Å². The summed E-state index contributed by atoms with van der Waals surface area (Å²) >= 11 is 0. The van der Waals surface area contributed by atoms with Crippen molar-refractivity contribution in [2.24, 2.45) is 0 Å². The Morgan fingerprint density at radius 3 is 2.11 bits per heavy atom. The molecule has 5 aromatic carbocycles. The summed E-state index contributed by atoms with van der Waals surface area (Å²) in [5.74, 6) is -0.508. The second kappa shape index (κ2) is 18.4. The first-order chi connectivity index (χ1) is 25.9. The normalized spacial score (nSPS) is 17.5. The summed E-state index contributed by atoms with van der Waals surface area (Å²) in [7, 11) is 3.42. The number of aliphatic hydroxyl groups excluding tert-OH is 1. The molecule has 53 heavy (non-hydrogen) atoms. The summed E-state index contributed by atoms with van der Waals surface area (Å²) in [4.78, 5) is 27.7. The number of hydrogen-bond donors (Lipinski definition) is 3. The number of benzene rings is 5. The molecule has 5 aromatic rings. The fourth-order valence-electron chi connectivity index (χ4n) is 6.69. The average Bonchev–Trinajstić information content (AvgIpc) is 3.20. The van der Waals surface area contributed by atoms with Crippen molar-refractivity contribution < 1.29 is 28.9 Å². The van der Waals surface area contributed by atoms with E-state index in [-0.39, 0.29) is 25.4 Å². The van der Waals surface area contributed by atoms with E-state index in [1.54, 1.807) is 0 Å². The Labute approximate surface area is 311 Å². The molecule has 6 rings (SSSR count). The number of ether oxygens (including phenoxy) is 3. The predicted octanol–water partition coefficient (Wildman–Crippen LogP) is 7.11. The zero-order valence-corrected chi connectivity index (χ0v) is 30.2. The maximum Gasteiger partial charge on any atom is 0.328 e. The van der Waals surface area contributed by atoms with Gasteiger partial charge in [-0.15, -0.1) is 0 Å². The number of carbonyl (C=O) groups excluding carboxylic acids is 2. The van der Waals surface area contributed by atoms with Gasteiger partial charge in [-0.25, -0.2) is 9.59 Å². The van der Waals surface area contributed by atoms with Crippen molar-refractivity contribution in [2.45, 2.75) is 57.1 Å². The Bertz CT molecular complexity index is 1900. The molecule has 274 valence electrons. The number of rotatable bonds is 14. The van der Waals surface area contributed by atoms with Gasteiger partial charge in [0.2, 0.25) is 0 Å². The molecular weight excluding hydrogens is 666 g/mol. The van der Waals surface area contributed by atoms with E-state index < -0.39 is 24.3 Å². The monoisotopic (exact) mass is 713 g/mol. The molecule has 1 aliphatic heterocycles. The number of nitrogens with one attached hydrogen (secondary N) is 2. The largest absolute Gasteiger partial charge is 0.467 e. The van der Waals surface area contributed by atoms with Gasteiger partial charge in [-0.05, 0) is 46.0 Å². The molecule has 0 bridgehead atoms.